The first-order valence-corrected chi connectivity index (χ1v) is 13.6. The second-order valence-electron chi connectivity index (χ2n) is 12.6. The number of hydrogen-bond acceptors (Lipinski definition) is 2. The third-order valence-corrected chi connectivity index (χ3v) is 11.0. The molecule has 0 bridgehead atoms. The van der Waals surface area contributed by atoms with E-state index in [0.717, 1.165) is 62.2 Å². The molecule has 0 spiro atoms. The molecule has 1 unspecified atom stereocenters. The van der Waals surface area contributed by atoms with Crippen LogP contribution in [0.3, 0.4) is 0 Å². The van der Waals surface area contributed by atoms with Gasteiger partial charge in [0.15, 0.2) is 0 Å². The van der Waals surface area contributed by atoms with E-state index in [2.05, 4.69) is 40.7 Å². The molecule has 0 aliphatic heterocycles. The number of carbonyl (C=O) groups is 1. The van der Waals surface area contributed by atoms with Gasteiger partial charge >= 0.3 is 0 Å². The maximum absolute atomic E-state index is 12.6. The Balaban J connectivity index is 1.44. The molecule has 0 saturated heterocycles. The van der Waals surface area contributed by atoms with Crippen LogP contribution in [0.5, 0.6) is 0 Å². The summed E-state index contributed by atoms with van der Waals surface area (Å²) >= 11 is 0. The van der Waals surface area contributed by atoms with Crippen LogP contribution in [0, 0.1) is 46.3 Å². The van der Waals surface area contributed by atoms with Gasteiger partial charge in [-0.2, -0.15) is 0 Å². The monoisotopic (exact) mass is 428 g/mol. The molecular weight excluding hydrogens is 380 g/mol. The van der Waals surface area contributed by atoms with Gasteiger partial charge in [0.25, 0.3) is 0 Å². The predicted molar refractivity (Wildman–Crippen MR) is 129 cm³/mol. The summed E-state index contributed by atoms with van der Waals surface area (Å²) < 4.78 is 0. The molecule has 0 radical (unpaired) electrons. The summed E-state index contributed by atoms with van der Waals surface area (Å²) in [6.45, 7) is 11.9. The van der Waals surface area contributed by atoms with Crippen molar-refractivity contribution >= 4 is 5.78 Å². The van der Waals surface area contributed by atoms with E-state index in [1.807, 2.05) is 0 Å². The zero-order valence-corrected chi connectivity index (χ0v) is 21.0. The van der Waals surface area contributed by atoms with Gasteiger partial charge in [0.05, 0.1) is 6.10 Å². The molecule has 2 heteroatoms. The highest BCUT2D eigenvalue weighted by molar-refractivity contribution is 5.80. The smallest absolute Gasteiger partial charge is 0.135 e. The maximum atomic E-state index is 12.6. The topological polar surface area (TPSA) is 37.3 Å². The summed E-state index contributed by atoms with van der Waals surface area (Å²) in [5.74, 6) is 4.72. The van der Waals surface area contributed by atoms with Crippen LogP contribution in [0.2, 0.25) is 0 Å². The lowest BCUT2D eigenvalue weighted by molar-refractivity contribution is -0.123. The molecule has 31 heavy (non-hydrogen) atoms. The highest BCUT2D eigenvalue weighted by atomic mass is 16.3. The van der Waals surface area contributed by atoms with E-state index < -0.39 is 0 Å². The lowest BCUT2D eigenvalue weighted by Crippen LogP contribution is -2.50. The molecule has 1 N–H and O–H groups in total. The van der Waals surface area contributed by atoms with E-state index in [1.54, 1.807) is 5.57 Å². The number of aliphatic hydroxyl groups excluding tert-OH is 1. The molecule has 0 amide bonds. The molecule has 0 aromatic rings. The molecule has 176 valence electrons. The minimum atomic E-state index is -0.107. The van der Waals surface area contributed by atoms with Gasteiger partial charge in [-0.05, 0) is 105 Å². The maximum Gasteiger partial charge on any atom is 0.135 e. The molecule has 0 aromatic carbocycles. The number of aliphatic hydroxyl groups is 1. The Morgan fingerprint density at radius 1 is 1.10 bits per heavy atom. The van der Waals surface area contributed by atoms with E-state index in [0.29, 0.717) is 22.5 Å². The molecule has 3 saturated carbocycles. The summed E-state index contributed by atoms with van der Waals surface area (Å²) in [5, 5.41) is 10.2. The molecule has 3 fully saturated rings. The van der Waals surface area contributed by atoms with Crippen molar-refractivity contribution in [3.8, 4) is 0 Å². The van der Waals surface area contributed by atoms with Gasteiger partial charge in [0.1, 0.15) is 5.78 Å². The van der Waals surface area contributed by atoms with Crippen molar-refractivity contribution in [2.45, 2.75) is 118 Å². The number of Topliss-reactive ketones (excluding diaryl/α,β-unsaturated/α-hetero) is 1. The summed E-state index contributed by atoms with van der Waals surface area (Å²) in [5.41, 5.74) is 2.39. The Bertz CT molecular complexity index is 695. The van der Waals surface area contributed by atoms with Gasteiger partial charge in [0, 0.05) is 12.3 Å². The van der Waals surface area contributed by atoms with Gasteiger partial charge in [0.2, 0.25) is 0 Å². The van der Waals surface area contributed by atoms with E-state index in [1.165, 1.54) is 38.5 Å². The van der Waals surface area contributed by atoms with Gasteiger partial charge in [-0.25, -0.2) is 0 Å². The number of fused-ring (bicyclic) bond motifs is 5. The Labute approximate surface area is 191 Å². The minimum absolute atomic E-state index is 0.107. The lowest BCUT2D eigenvalue weighted by atomic mass is 9.47. The van der Waals surface area contributed by atoms with E-state index in [9.17, 15) is 9.90 Å². The van der Waals surface area contributed by atoms with E-state index >= 15 is 0 Å². The molecule has 2 nitrogen and oxygen atoms in total. The summed E-state index contributed by atoms with van der Waals surface area (Å²) in [4.78, 5) is 12.6. The van der Waals surface area contributed by atoms with Gasteiger partial charge in [-0.3, -0.25) is 4.79 Å². The highest BCUT2D eigenvalue weighted by Crippen LogP contribution is 2.67. The number of rotatable bonds is 7. The standard InChI is InChI=1S/C29H48O2/c1-6-7-20(3)27(31)13-8-19(2)24-11-12-25-23-10-9-21-18-22(30)14-16-28(21,4)26(23)15-17-29(24,25)5/h9,19-20,22-26,30H,6-8,10-18H2,1-5H3/t19-,20?,22+,23+,24-,25+,26+,28+,29-/m1/s1. The fraction of sp³-hybridized carbons (Fsp3) is 0.897. The SMILES string of the molecule is CCCC(C)C(=O)CC[C@@H](C)[C@H]1CC[C@H]2[C@@H]3CC=C4C[C@@H](O)CC[C@]4(C)[C@H]3CC[C@]12C. The van der Waals surface area contributed by atoms with Gasteiger partial charge in [-0.1, -0.05) is 52.7 Å². The third kappa shape index (κ3) is 4.09. The quantitative estimate of drug-likeness (QED) is 0.430. The summed E-state index contributed by atoms with van der Waals surface area (Å²) in [6.07, 6.45) is 16.3. The van der Waals surface area contributed by atoms with Crippen molar-refractivity contribution < 1.29 is 9.90 Å². The molecular formula is C29H48O2. The Morgan fingerprint density at radius 2 is 1.87 bits per heavy atom. The van der Waals surface area contributed by atoms with Gasteiger partial charge < -0.3 is 5.11 Å². The predicted octanol–water partition coefficient (Wildman–Crippen LogP) is 7.35. The molecule has 9 atom stereocenters. The molecule has 4 aliphatic rings. The van der Waals surface area contributed by atoms with Crippen LogP contribution in [0.25, 0.3) is 0 Å². The molecule has 0 aromatic heterocycles. The fourth-order valence-electron chi connectivity index (χ4n) is 9.03. The highest BCUT2D eigenvalue weighted by Gasteiger charge is 2.59. The summed E-state index contributed by atoms with van der Waals surface area (Å²) in [7, 11) is 0. The van der Waals surface area contributed by atoms with Crippen molar-refractivity contribution in [3.63, 3.8) is 0 Å². The van der Waals surface area contributed by atoms with Crippen LogP contribution in [0.4, 0.5) is 0 Å². The first kappa shape index (κ1) is 23.5. The number of ketones is 1. The fourth-order valence-corrected chi connectivity index (χ4v) is 9.03. The second-order valence-corrected chi connectivity index (χ2v) is 12.6. The first-order chi connectivity index (χ1) is 14.7. The van der Waals surface area contributed by atoms with Crippen LogP contribution in [-0.2, 0) is 4.79 Å². The Kier molecular flexibility index (Phi) is 6.80. The van der Waals surface area contributed by atoms with Crippen LogP contribution in [-0.4, -0.2) is 17.0 Å². The number of allylic oxidation sites excluding steroid dienone is 1. The van der Waals surface area contributed by atoms with Crippen molar-refractivity contribution in [1.82, 2.24) is 0 Å². The second kappa shape index (κ2) is 8.96. The van der Waals surface area contributed by atoms with Crippen LogP contribution in [0.1, 0.15) is 112 Å². The van der Waals surface area contributed by atoms with E-state index in [-0.39, 0.29) is 12.0 Å². The van der Waals surface area contributed by atoms with Crippen molar-refractivity contribution in [3.05, 3.63) is 11.6 Å². The van der Waals surface area contributed by atoms with Crippen LogP contribution in [0.15, 0.2) is 11.6 Å². The lowest BCUT2D eigenvalue weighted by Gasteiger charge is -2.58. The van der Waals surface area contributed by atoms with Crippen molar-refractivity contribution in [1.29, 1.82) is 0 Å². The Hall–Kier alpha value is -0.630. The number of hydrogen-bond donors (Lipinski definition) is 1. The molecule has 0 heterocycles. The average molecular weight is 429 g/mol. The first-order valence-electron chi connectivity index (χ1n) is 13.6. The Morgan fingerprint density at radius 3 is 2.61 bits per heavy atom. The van der Waals surface area contributed by atoms with Gasteiger partial charge in [-0.15, -0.1) is 0 Å². The molecule has 4 aliphatic carbocycles. The normalized spacial score (nSPS) is 43.9. The van der Waals surface area contributed by atoms with Crippen LogP contribution >= 0.6 is 0 Å². The van der Waals surface area contributed by atoms with Crippen LogP contribution < -0.4 is 0 Å². The third-order valence-electron chi connectivity index (χ3n) is 11.0. The number of carbonyl (C=O) groups excluding carboxylic acids is 1. The zero-order chi connectivity index (χ0) is 22.4. The van der Waals surface area contributed by atoms with Crippen molar-refractivity contribution in [2.75, 3.05) is 0 Å². The summed E-state index contributed by atoms with van der Waals surface area (Å²) in [6, 6.07) is 0. The van der Waals surface area contributed by atoms with Crippen molar-refractivity contribution in [2.24, 2.45) is 46.3 Å². The van der Waals surface area contributed by atoms with E-state index in [4.69, 9.17) is 0 Å². The zero-order valence-electron chi connectivity index (χ0n) is 21.0. The minimum Gasteiger partial charge on any atom is -0.393 e. The largest absolute Gasteiger partial charge is 0.393 e. The molecule has 4 rings (SSSR count). The average Bonchev–Trinajstić information content (AvgIpc) is 3.09.